The Morgan fingerprint density at radius 2 is 1.92 bits per heavy atom. The molecule has 1 aromatic rings. The number of carboxylic acid groups (broad SMARTS) is 1. The van der Waals surface area contributed by atoms with Gasteiger partial charge in [0.25, 0.3) is 0 Å². The minimum absolute atomic E-state index is 0.0580. The largest absolute Gasteiger partial charge is 0.486 e. The summed E-state index contributed by atoms with van der Waals surface area (Å²) in [4.78, 5) is 25.5. The fourth-order valence-corrected chi connectivity index (χ4v) is 3.41. The number of benzene rings is 1. The Morgan fingerprint density at radius 1 is 1.12 bits per heavy atom. The predicted octanol–water partition coefficient (Wildman–Crippen LogP) is 0.873. The molecule has 7 nitrogen and oxygen atoms in total. The minimum atomic E-state index is -1.01. The van der Waals surface area contributed by atoms with E-state index in [1.165, 1.54) is 4.90 Å². The van der Waals surface area contributed by atoms with Gasteiger partial charge in [0, 0.05) is 12.5 Å². The van der Waals surface area contributed by atoms with Crippen LogP contribution in [0.2, 0.25) is 0 Å². The van der Waals surface area contributed by atoms with Crippen LogP contribution < -0.4 is 9.47 Å². The lowest BCUT2D eigenvalue weighted by atomic mass is 10.1. The van der Waals surface area contributed by atoms with E-state index in [0.717, 1.165) is 17.7 Å². The van der Waals surface area contributed by atoms with Crippen LogP contribution in [0.4, 0.5) is 0 Å². The number of ether oxygens (including phenoxy) is 3. The molecule has 7 heteroatoms. The third kappa shape index (κ3) is 2.69. The molecule has 0 spiro atoms. The van der Waals surface area contributed by atoms with Gasteiger partial charge in [-0.3, -0.25) is 4.79 Å². The third-order valence-corrected chi connectivity index (χ3v) is 4.80. The summed E-state index contributed by atoms with van der Waals surface area (Å²) in [5.74, 6) is 0.294. The molecule has 4 rings (SSSR count). The van der Waals surface area contributed by atoms with Crippen LogP contribution in [0.3, 0.4) is 0 Å². The summed E-state index contributed by atoms with van der Waals surface area (Å²) in [7, 11) is 0. The highest BCUT2D eigenvalue weighted by molar-refractivity contribution is 5.88. The monoisotopic (exact) mass is 333 g/mol. The number of carbonyl (C=O) groups is 2. The second kappa shape index (κ2) is 5.98. The van der Waals surface area contributed by atoms with Crippen LogP contribution in [0.5, 0.6) is 11.5 Å². The Kier molecular flexibility index (Phi) is 3.80. The topological polar surface area (TPSA) is 85.3 Å². The highest BCUT2D eigenvalue weighted by Gasteiger charge is 2.48. The molecule has 0 bridgehead atoms. The smallest absolute Gasteiger partial charge is 0.328 e. The lowest BCUT2D eigenvalue weighted by Gasteiger charge is -2.33. The quantitative estimate of drug-likeness (QED) is 0.884. The summed E-state index contributed by atoms with van der Waals surface area (Å²) in [6, 6.07) is 4.88. The number of aliphatic carboxylic acids is 1. The lowest BCUT2D eigenvalue weighted by molar-refractivity contribution is -0.158. The number of rotatable bonds is 3. The zero-order valence-electron chi connectivity index (χ0n) is 13.1. The molecular formula is C17H19NO6. The van der Waals surface area contributed by atoms with Gasteiger partial charge in [0.1, 0.15) is 13.2 Å². The van der Waals surface area contributed by atoms with E-state index in [9.17, 15) is 14.7 Å². The Morgan fingerprint density at radius 3 is 2.71 bits per heavy atom. The lowest BCUT2D eigenvalue weighted by Crippen LogP contribution is -2.53. The fourth-order valence-electron chi connectivity index (χ4n) is 3.41. The molecule has 3 atom stereocenters. The van der Waals surface area contributed by atoms with Crippen LogP contribution in [0, 0.1) is 5.92 Å². The molecule has 0 radical (unpaired) electrons. The van der Waals surface area contributed by atoms with Gasteiger partial charge in [0.15, 0.2) is 17.5 Å². The van der Waals surface area contributed by atoms with Gasteiger partial charge in [-0.1, -0.05) is 6.07 Å². The molecule has 0 unspecified atom stereocenters. The van der Waals surface area contributed by atoms with Crippen molar-refractivity contribution in [1.82, 2.24) is 4.90 Å². The van der Waals surface area contributed by atoms with E-state index in [2.05, 4.69) is 0 Å². The van der Waals surface area contributed by atoms with Crippen LogP contribution >= 0.6 is 0 Å². The van der Waals surface area contributed by atoms with Crippen LogP contribution in [0.1, 0.15) is 17.9 Å². The summed E-state index contributed by atoms with van der Waals surface area (Å²) in [6.07, 6.45) is 0.738. The van der Waals surface area contributed by atoms with Crippen molar-refractivity contribution in [1.29, 1.82) is 0 Å². The molecule has 1 aromatic carbocycles. The molecule has 1 aliphatic carbocycles. The van der Waals surface area contributed by atoms with Gasteiger partial charge >= 0.3 is 5.97 Å². The molecule has 24 heavy (non-hydrogen) atoms. The highest BCUT2D eigenvalue weighted by Crippen LogP contribution is 2.50. The van der Waals surface area contributed by atoms with E-state index < -0.39 is 12.0 Å². The molecule has 0 aromatic heterocycles. The maximum atomic E-state index is 12.7. The van der Waals surface area contributed by atoms with Crippen LogP contribution in [0.15, 0.2) is 18.2 Å². The summed E-state index contributed by atoms with van der Waals surface area (Å²) >= 11 is 0. The molecule has 2 fully saturated rings. The first-order chi connectivity index (χ1) is 11.6. The van der Waals surface area contributed by atoms with E-state index in [1.807, 2.05) is 18.2 Å². The minimum Gasteiger partial charge on any atom is -0.486 e. The summed E-state index contributed by atoms with van der Waals surface area (Å²) in [5.41, 5.74) is 1.04. The number of hydrogen-bond acceptors (Lipinski definition) is 5. The average molecular weight is 333 g/mol. The number of amides is 1. The summed E-state index contributed by atoms with van der Waals surface area (Å²) in [6.45, 7) is 1.85. The molecule has 128 valence electrons. The highest BCUT2D eigenvalue weighted by atomic mass is 16.6. The van der Waals surface area contributed by atoms with E-state index >= 15 is 0 Å². The zero-order chi connectivity index (χ0) is 16.7. The first-order valence-electron chi connectivity index (χ1n) is 8.15. The number of carboxylic acids is 1. The van der Waals surface area contributed by atoms with Crippen molar-refractivity contribution >= 4 is 11.9 Å². The van der Waals surface area contributed by atoms with Gasteiger partial charge < -0.3 is 24.2 Å². The van der Waals surface area contributed by atoms with Crippen molar-refractivity contribution in [2.24, 2.45) is 5.92 Å². The van der Waals surface area contributed by atoms with E-state index in [-0.39, 0.29) is 24.3 Å². The zero-order valence-corrected chi connectivity index (χ0v) is 13.1. The maximum Gasteiger partial charge on any atom is 0.328 e. The fraction of sp³-hybridized carbons (Fsp3) is 0.529. The van der Waals surface area contributed by atoms with Crippen molar-refractivity contribution in [3.05, 3.63) is 23.8 Å². The average Bonchev–Trinajstić information content (AvgIpc) is 3.41. The van der Waals surface area contributed by atoms with Gasteiger partial charge in [0.2, 0.25) is 5.91 Å². The van der Waals surface area contributed by atoms with Gasteiger partial charge in [-0.15, -0.1) is 0 Å². The molecule has 1 saturated carbocycles. The molecule has 3 aliphatic rings. The van der Waals surface area contributed by atoms with Crippen LogP contribution in [-0.2, 0) is 14.3 Å². The van der Waals surface area contributed by atoms with Gasteiger partial charge in [0.05, 0.1) is 13.2 Å². The van der Waals surface area contributed by atoms with Gasteiger partial charge in [-0.2, -0.15) is 0 Å². The van der Waals surface area contributed by atoms with Crippen molar-refractivity contribution < 1.29 is 28.9 Å². The number of fused-ring (bicyclic) bond motifs is 1. The Balaban J connectivity index is 1.47. The van der Waals surface area contributed by atoms with Crippen LogP contribution in [-0.4, -0.2) is 60.9 Å². The Labute approximate surface area is 139 Å². The Bertz CT molecular complexity index is 675. The summed E-state index contributed by atoms with van der Waals surface area (Å²) in [5, 5.41) is 9.27. The summed E-state index contributed by atoms with van der Waals surface area (Å²) < 4.78 is 16.3. The predicted molar refractivity (Wildman–Crippen MR) is 82.2 cm³/mol. The molecule has 2 aliphatic heterocycles. The van der Waals surface area contributed by atoms with Crippen LogP contribution in [0.25, 0.3) is 0 Å². The van der Waals surface area contributed by atoms with E-state index in [4.69, 9.17) is 14.2 Å². The van der Waals surface area contributed by atoms with Crippen molar-refractivity contribution in [3.8, 4) is 11.5 Å². The van der Waals surface area contributed by atoms with Gasteiger partial charge in [-0.05, 0) is 30.0 Å². The first-order valence-corrected chi connectivity index (χ1v) is 8.15. The normalized spacial score (nSPS) is 28.3. The molecule has 1 amide bonds. The van der Waals surface area contributed by atoms with E-state index in [1.54, 1.807) is 0 Å². The van der Waals surface area contributed by atoms with Crippen molar-refractivity contribution in [2.45, 2.75) is 18.4 Å². The van der Waals surface area contributed by atoms with Gasteiger partial charge in [-0.25, -0.2) is 4.79 Å². The standard InChI is InChI=1S/C17H19NO6/c19-16(18-3-4-22-9-13(18)17(20)21)12-8-11(12)10-1-2-14-15(7-10)24-6-5-23-14/h1-2,7,11-13H,3-6,8-9H2,(H,20,21)/t11-,12+,13+/m1/s1. The second-order valence-corrected chi connectivity index (χ2v) is 6.31. The van der Waals surface area contributed by atoms with E-state index in [0.29, 0.717) is 32.1 Å². The molecule has 1 saturated heterocycles. The molecular weight excluding hydrogens is 314 g/mol. The maximum absolute atomic E-state index is 12.7. The number of morpholine rings is 1. The third-order valence-electron chi connectivity index (χ3n) is 4.80. The molecule has 1 N–H and O–H groups in total. The second-order valence-electron chi connectivity index (χ2n) is 6.31. The van der Waals surface area contributed by atoms with Crippen molar-refractivity contribution in [2.75, 3.05) is 33.0 Å². The molecule has 2 heterocycles. The number of nitrogens with zero attached hydrogens (tertiary/aromatic N) is 1. The van der Waals surface area contributed by atoms with Crippen molar-refractivity contribution in [3.63, 3.8) is 0 Å². The number of hydrogen-bond donors (Lipinski definition) is 1. The Hall–Kier alpha value is -2.28. The first kappa shape index (κ1) is 15.3. The SMILES string of the molecule is O=C(O)[C@@H]1COCCN1C(=O)[C@H]1C[C@@H]1c1ccc2c(c1)OCCO2. The number of carbonyl (C=O) groups excluding carboxylic acids is 1.